The zero-order valence-electron chi connectivity index (χ0n) is 25.8. The summed E-state index contributed by atoms with van der Waals surface area (Å²) in [7, 11) is 0. The Morgan fingerprint density at radius 2 is 1.42 bits per heavy atom. The molecule has 0 amide bonds. The van der Waals surface area contributed by atoms with Crippen molar-refractivity contribution >= 4 is 11.9 Å². The second-order valence-corrected chi connectivity index (χ2v) is 15.6. The Hall–Kier alpha value is -1.58. The molecule has 5 aliphatic rings. The minimum absolute atomic E-state index is 0.0547. The van der Waals surface area contributed by atoms with Gasteiger partial charge in [-0.25, -0.2) is 0 Å². The predicted molar refractivity (Wildman–Crippen MR) is 151 cm³/mol. The lowest BCUT2D eigenvalue weighted by molar-refractivity contribution is -0.352. The highest BCUT2D eigenvalue weighted by molar-refractivity contribution is 5.69. The van der Waals surface area contributed by atoms with Gasteiger partial charge >= 0.3 is 11.9 Å². The Balaban J connectivity index is 1.67. The molecule has 212 valence electrons. The minimum Gasteiger partial charge on any atom is -0.422 e. The van der Waals surface area contributed by atoms with Gasteiger partial charge in [-0.2, -0.15) is 0 Å². The Morgan fingerprint density at radius 3 is 2.00 bits per heavy atom. The topological polar surface area (TPSA) is 52.6 Å². The van der Waals surface area contributed by atoms with Gasteiger partial charge in [0.2, 0.25) is 0 Å². The van der Waals surface area contributed by atoms with Crippen LogP contribution < -0.4 is 0 Å². The molecule has 7 atom stereocenters. The Kier molecular flexibility index (Phi) is 6.23. The first kappa shape index (κ1) is 28.0. The molecule has 5 aliphatic carbocycles. The Bertz CT molecular complexity index is 1080. The summed E-state index contributed by atoms with van der Waals surface area (Å²) in [5.41, 5.74) is 3.30. The molecule has 4 heteroatoms. The van der Waals surface area contributed by atoms with Crippen LogP contribution in [0.4, 0.5) is 0 Å². The van der Waals surface area contributed by atoms with E-state index in [0.717, 1.165) is 25.7 Å². The van der Waals surface area contributed by atoms with Crippen molar-refractivity contribution < 1.29 is 19.1 Å². The summed E-state index contributed by atoms with van der Waals surface area (Å²) >= 11 is 0. The van der Waals surface area contributed by atoms with Gasteiger partial charge in [0.15, 0.2) is 0 Å². The number of ether oxygens (including phenoxy) is 2. The maximum Gasteiger partial charge on any atom is 0.305 e. The second kappa shape index (κ2) is 8.46. The smallest absolute Gasteiger partial charge is 0.305 e. The van der Waals surface area contributed by atoms with Crippen molar-refractivity contribution in [3.63, 3.8) is 0 Å². The van der Waals surface area contributed by atoms with Gasteiger partial charge in [-0.15, -0.1) is 0 Å². The van der Waals surface area contributed by atoms with Gasteiger partial charge in [-0.3, -0.25) is 9.59 Å². The molecule has 0 N–H and O–H groups in total. The molecule has 0 aromatic rings. The maximum atomic E-state index is 12.6. The SMILES string of the molecule is CC(=O)OC1(OC(C)=O)CCC(C)(C)[C@@H]2CC[C@]3(C)[C@H](CC[C@@H]4C5=C(C(C)C)C=C[C@]5(C)CC[C@]43C)[C@]21C. The summed E-state index contributed by atoms with van der Waals surface area (Å²) in [4.78, 5) is 25.3. The molecule has 0 saturated heterocycles. The van der Waals surface area contributed by atoms with Gasteiger partial charge in [-0.1, -0.05) is 73.1 Å². The molecule has 0 aromatic heterocycles. The van der Waals surface area contributed by atoms with E-state index in [1.807, 2.05) is 0 Å². The van der Waals surface area contributed by atoms with Crippen LogP contribution in [0.2, 0.25) is 0 Å². The highest BCUT2D eigenvalue weighted by atomic mass is 16.7. The summed E-state index contributed by atoms with van der Waals surface area (Å²) < 4.78 is 12.5. The van der Waals surface area contributed by atoms with Gasteiger partial charge in [0.05, 0.1) is 5.41 Å². The van der Waals surface area contributed by atoms with Crippen LogP contribution >= 0.6 is 0 Å². The van der Waals surface area contributed by atoms with Crippen LogP contribution in [0.5, 0.6) is 0 Å². The van der Waals surface area contributed by atoms with Crippen LogP contribution in [-0.2, 0) is 19.1 Å². The fourth-order valence-corrected chi connectivity index (χ4v) is 11.2. The average molecular weight is 525 g/mol. The fraction of sp³-hybridized carbons (Fsp3) is 0.824. The number of allylic oxidation sites excluding steroid dienone is 4. The van der Waals surface area contributed by atoms with Crippen molar-refractivity contribution in [1.82, 2.24) is 0 Å². The van der Waals surface area contributed by atoms with Crippen LogP contribution in [0.15, 0.2) is 23.3 Å². The monoisotopic (exact) mass is 524 g/mol. The van der Waals surface area contributed by atoms with Crippen LogP contribution in [0.3, 0.4) is 0 Å². The van der Waals surface area contributed by atoms with Crippen molar-refractivity contribution in [2.75, 3.05) is 0 Å². The Morgan fingerprint density at radius 1 is 0.789 bits per heavy atom. The van der Waals surface area contributed by atoms with Gasteiger partial charge in [-0.05, 0) is 90.4 Å². The first-order chi connectivity index (χ1) is 17.5. The zero-order valence-corrected chi connectivity index (χ0v) is 25.8. The number of carbonyl (C=O) groups excluding carboxylic acids is 2. The van der Waals surface area contributed by atoms with Crippen molar-refractivity contribution in [3.8, 4) is 0 Å². The summed E-state index contributed by atoms with van der Waals surface area (Å²) in [6.07, 6.45) is 13.3. The summed E-state index contributed by atoms with van der Waals surface area (Å²) in [5, 5.41) is 0. The average Bonchev–Trinajstić information content (AvgIpc) is 3.14. The molecule has 4 fully saturated rings. The van der Waals surface area contributed by atoms with Crippen LogP contribution in [0, 0.1) is 50.7 Å². The van der Waals surface area contributed by atoms with E-state index >= 15 is 0 Å². The number of hydrogen-bond acceptors (Lipinski definition) is 4. The largest absolute Gasteiger partial charge is 0.422 e. The first-order valence-electron chi connectivity index (χ1n) is 15.3. The molecule has 4 saturated carbocycles. The highest BCUT2D eigenvalue weighted by Crippen LogP contribution is 2.78. The molecule has 0 aromatic carbocycles. The standard InChI is InChI=1S/C34H52O4/c1-21(2)24-13-15-30(7)18-19-31(8)25(28(24)30)11-12-27-32(31,9)16-14-26-29(5,6)17-20-34(33(26,27)10,37-22(3)35)38-23(4)36/h13,15,21,25-27H,11-12,14,16-20H2,1-10H3/t25-,26+,27+,30-,31-,32-,33+/m1/s1. The third-order valence-electron chi connectivity index (χ3n) is 13.2. The lowest BCUT2D eigenvalue weighted by Crippen LogP contribution is -2.72. The molecular formula is C34H52O4. The van der Waals surface area contributed by atoms with Crippen LogP contribution in [0.1, 0.15) is 121 Å². The summed E-state index contributed by atoms with van der Waals surface area (Å²) in [5.74, 6) is -0.206. The molecule has 0 spiro atoms. The number of esters is 2. The molecule has 0 unspecified atom stereocenters. The second-order valence-electron chi connectivity index (χ2n) is 15.6. The fourth-order valence-electron chi connectivity index (χ4n) is 11.2. The predicted octanol–water partition coefficient (Wildman–Crippen LogP) is 8.41. The molecule has 4 nitrogen and oxygen atoms in total. The van der Waals surface area contributed by atoms with Crippen molar-refractivity contribution in [2.24, 2.45) is 50.7 Å². The normalized spacial score (nSPS) is 44.6. The van der Waals surface area contributed by atoms with E-state index in [9.17, 15) is 9.59 Å². The number of rotatable bonds is 3. The highest BCUT2D eigenvalue weighted by Gasteiger charge is 2.75. The first-order valence-corrected chi connectivity index (χ1v) is 15.3. The van der Waals surface area contributed by atoms with Gasteiger partial charge in [0.1, 0.15) is 0 Å². The summed E-state index contributed by atoms with van der Waals surface area (Å²) in [6, 6.07) is 0. The maximum absolute atomic E-state index is 12.6. The number of fused-ring (bicyclic) bond motifs is 7. The zero-order chi connectivity index (χ0) is 28.1. The van der Waals surface area contributed by atoms with Crippen molar-refractivity contribution in [3.05, 3.63) is 23.3 Å². The minimum atomic E-state index is -1.21. The van der Waals surface area contributed by atoms with Crippen LogP contribution in [0.25, 0.3) is 0 Å². The van der Waals surface area contributed by atoms with E-state index in [1.54, 1.807) is 11.1 Å². The van der Waals surface area contributed by atoms with Crippen LogP contribution in [-0.4, -0.2) is 17.7 Å². The third kappa shape index (κ3) is 3.46. The quantitative estimate of drug-likeness (QED) is 0.275. The van der Waals surface area contributed by atoms with E-state index in [-0.39, 0.29) is 33.6 Å². The van der Waals surface area contributed by atoms with E-state index in [2.05, 4.69) is 67.5 Å². The number of carbonyl (C=O) groups is 2. The van der Waals surface area contributed by atoms with E-state index in [4.69, 9.17) is 9.47 Å². The van der Waals surface area contributed by atoms with Crippen molar-refractivity contribution in [2.45, 2.75) is 126 Å². The van der Waals surface area contributed by atoms with Gasteiger partial charge < -0.3 is 9.47 Å². The third-order valence-corrected chi connectivity index (χ3v) is 13.2. The van der Waals surface area contributed by atoms with E-state index < -0.39 is 11.2 Å². The molecule has 0 aliphatic heterocycles. The molecule has 0 heterocycles. The molecule has 0 bridgehead atoms. The van der Waals surface area contributed by atoms with Crippen molar-refractivity contribution in [1.29, 1.82) is 0 Å². The van der Waals surface area contributed by atoms with E-state index in [0.29, 0.717) is 30.1 Å². The Labute approximate surface area is 231 Å². The molecule has 5 rings (SSSR count). The molecule has 38 heavy (non-hydrogen) atoms. The summed E-state index contributed by atoms with van der Waals surface area (Å²) in [6.45, 7) is 22.3. The molecule has 0 radical (unpaired) electrons. The number of hydrogen-bond donors (Lipinski definition) is 0. The van der Waals surface area contributed by atoms with E-state index in [1.165, 1.54) is 33.1 Å². The lowest BCUT2D eigenvalue weighted by Gasteiger charge is -2.73. The molecular weight excluding hydrogens is 472 g/mol. The van der Waals surface area contributed by atoms with Gasteiger partial charge in [0, 0.05) is 25.7 Å². The lowest BCUT2D eigenvalue weighted by atomic mass is 9.32. The van der Waals surface area contributed by atoms with Gasteiger partial charge in [0.25, 0.3) is 5.79 Å².